The lowest BCUT2D eigenvalue weighted by Gasteiger charge is -2.13. The van der Waals surface area contributed by atoms with Gasteiger partial charge in [0, 0.05) is 35.4 Å². The number of rotatable bonds is 4. The third kappa shape index (κ3) is 3.21. The Bertz CT molecular complexity index is 1080. The van der Waals surface area contributed by atoms with Crippen LogP contribution in [0, 0.1) is 13.8 Å². The van der Waals surface area contributed by atoms with Gasteiger partial charge in [0.15, 0.2) is 0 Å². The van der Waals surface area contributed by atoms with Crippen LogP contribution in [0.25, 0.3) is 5.78 Å². The van der Waals surface area contributed by atoms with Crippen molar-refractivity contribution in [1.82, 2.24) is 29.5 Å². The minimum absolute atomic E-state index is 0.278. The van der Waals surface area contributed by atoms with Crippen LogP contribution in [0.15, 0.2) is 47.5 Å². The van der Waals surface area contributed by atoms with Crippen molar-refractivity contribution in [3.63, 3.8) is 0 Å². The Morgan fingerprint density at radius 1 is 1.12 bits per heavy atom. The lowest BCUT2D eigenvalue weighted by atomic mass is 10.2. The molecule has 0 aliphatic heterocycles. The molecule has 8 nitrogen and oxygen atoms in total. The van der Waals surface area contributed by atoms with Crippen LogP contribution in [0.1, 0.15) is 11.3 Å². The molecule has 3 aromatic heterocycles. The second-order valence-electron chi connectivity index (χ2n) is 5.58. The van der Waals surface area contributed by atoms with Gasteiger partial charge in [0.25, 0.3) is 5.78 Å². The second kappa shape index (κ2) is 6.68. The number of halogens is 1. The molecule has 0 aliphatic rings. The Hall–Kier alpha value is -3.07. The molecule has 0 atom stereocenters. The zero-order valence-corrected chi connectivity index (χ0v) is 15.6. The molecular formula is C17H14BrN7O. The number of anilines is 2. The summed E-state index contributed by atoms with van der Waals surface area (Å²) in [7, 11) is 0. The maximum absolute atomic E-state index is 5.71. The highest BCUT2D eigenvalue weighted by molar-refractivity contribution is 9.10. The first-order valence-corrected chi connectivity index (χ1v) is 8.59. The molecule has 0 fully saturated rings. The lowest BCUT2D eigenvalue weighted by molar-refractivity contribution is 0.441. The van der Waals surface area contributed by atoms with Gasteiger partial charge < -0.3 is 10.1 Å². The highest BCUT2D eigenvalue weighted by atomic mass is 79.9. The minimum Gasteiger partial charge on any atom is -0.424 e. The summed E-state index contributed by atoms with van der Waals surface area (Å²) in [5.74, 6) is 1.98. The minimum atomic E-state index is 0.278. The van der Waals surface area contributed by atoms with E-state index in [2.05, 4.69) is 46.3 Å². The summed E-state index contributed by atoms with van der Waals surface area (Å²) in [5, 5.41) is 7.61. The number of fused-ring (bicyclic) bond motifs is 1. The predicted octanol–water partition coefficient (Wildman–Crippen LogP) is 3.83. The molecule has 0 unspecified atom stereocenters. The summed E-state index contributed by atoms with van der Waals surface area (Å²) < 4.78 is 8.17. The fourth-order valence-electron chi connectivity index (χ4n) is 2.41. The van der Waals surface area contributed by atoms with Gasteiger partial charge in [-0.1, -0.05) is 6.07 Å². The number of hydrogen-bond acceptors (Lipinski definition) is 7. The average Bonchev–Trinajstić information content (AvgIpc) is 3.09. The SMILES string of the molecule is Cc1nc2ncnn2c(Nc2cccc(Oc3ncc(Br)cn3)c2)c1C. The summed E-state index contributed by atoms with van der Waals surface area (Å²) in [4.78, 5) is 16.8. The number of nitrogens with zero attached hydrogens (tertiary/aromatic N) is 6. The van der Waals surface area contributed by atoms with Gasteiger partial charge >= 0.3 is 6.01 Å². The number of hydrogen-bond donors (Lipinski definition) is 1. The number of aryl methyl sites for hydroxylation is 1. The zero-order chi connectivity index (χ0) is 18.1. The monoisotopic (exact) mass is 411 g/mol. The fraction of sp³-hybridized carbons (Fsp3) is 0.118. The quantitative estimate of drug-likeness (QED) is 0.545. The molecule has 1 N–H and O–H groups in total. The van der Waals surface area contributed by atoms with E-state index in [-0.39, 0.29) is 6.01 Å². The molecule has 130 valence electrons. The largest absolute Gasteiger partial charge is 0.424 e. The van der Waals surface area contributed by atoms with E-state index in [1.807, 2.05) is 38.1 Å². The van der Waals surface area contributed by atoms with Crippen molar-refractivity contribution < 1.29 is 4.74 Å². The number of benzene rings is 1. The van der Waals surface area contributed by atoms with E-state index in [1.165, 1.54) is 6.33 Å². The van der Waals surface area contributed by atoms with Gasteiger partial charge in [0.1, 0.15) is 17.9 Å². The summed E-state index contributed by atoms with van der Waals surface area (Å²) >= 11 is 3.30. The lowest BCUT2D eigenvalue weighted by Crippen LogP contribution is -2.06. The molecule has 0 saturated heterocycles. The van der Waals surface area contributed by atoms with Crippen LogP contribution in [0.3, 0.4) is 0 Å². The Morgan fingerprint density at radius 2 is 1.92 bits per heavy atom. The summed E-state index contributed by atoms with van der Waals surface area (Å²) in [5.41, 5.74) is 2.72. The van der Waals surface area contributed by atoms with Gasteiger partial charge in [-0.25, -0.2) is 15.0 Å². The Labute approximate surface area is 157 Å². The van der Waals surface area contributed by atoms with Crippen LogP contribution in [0.5, 0.6) is 11.8 Å². The van der Waals surface area contributed by atoms with Crippen LogP contribution in [0.2, 0.25) is 0 Å². The van der Waals surface area contributed by atoms with E-state index in [1.54, 1.807) is 16.9 Å². The molecular weight excluding hydrogens is 398 g/mol. The van der Waals surface area contributed by atoms with E-state index in [0.717, 1.165) is 27.2 Å². The molecule has 4 rings (SSSR count). The van der Waals surface area contributed by atoms with Crippen LogP contribution in [-0.4, -0.2) is 29.5 Å². The van der Waals surface area contributed by atoms with Crippen molar-refractivity contribution in [1.29, 1.82) is 0 Å². The molecule has 0 aliphatic carbocycles. The normalized spacial score (nSPS) is 10.9. The molecule has 4 aromatic rings. The summed E-state index contributed by atoms with van der Waals surface area (Å²) in [6, 6.07) is 7.81. The Balaban J connectivity index is 1.64. The van der Waals surface area contributed by atoms with Crippen molar-refractivity contribution >= 4 is 33.2 Å². The smallest absolute Gasteiger partial charge is 0.321 e. The van der Waals surface area contributed by atoms with E-state index < -0.39 is 0 Å². The maximum atomic E-state index is 5.71. The van der Waals surface area contributed by atoms with Gasteiger partial charge in [0.05, 0.1) is 4.47 Å². The van der Waals surface area contributed by atoms with Gasteiger partial charge in [-0.05, 0) is 41.9 Å². The standard InChI is InChI=1S/C17H14BrN7O/c1-10-11(2)23-16-21-9-22-25(16)15(10)24-13-4-3-5-14(6-13)26-17-19-7-12(18)8-20-17/h3-9,24H,1-2H3. The van der Waals surface area contributed by atoms with Gasteiger partial charge in [-0.3, -0.25) is 0 Å². The molecule has 0 spiro atoms. The molecule has 0 bridgehead atoms. The number of aromatic nitrogens is 6. The molecule has 0 radical (unpaired) electrons. The Kier molecular flexibility index (Phi) is 4.21. The van der Waals surface area contributed by atoms with E-state index in [4.69, 9.17) is 4.74 Å². The third-order valence-corrected chi connectivity index (χ3v) is 4.22. The molecule has 0 saturated carbocycles. The zero-order valence-electron chi connectivity index (χ0n) is 14.0. The van der Waals surface area contributed by atoms with Crippen LogP contribution in [-0.2, 0) is 0 Å². The fourth-order valence-corrected chi connectivity index (χ4v) is 2.62. The van der Waals surface area contributed by atoms with Crippen molar-refractivity contribution in [3.05, 3.63) is 58.7 Å². The highest BCUT2D eigenvalue weighted by Crippen LogP contribution is 2.26. The van der Waals surface area contributed by atoms with E-state index in [0.29, 0.717) is 11.5 Å². The molecule has 1 aromatic carbocycles. The maximum Gasteiger partial charge on any atom is 0.321 e. The van der Waals surface area contributed by atoms with Crippen LogP contribution < -0.4 is 10.1 Å². The first-order chi connectivity index (χ1) is 12.6. The Morgan fingerprint density at radius 3 is 2.73 bits per heavy atom. The van der Waals surface area contributed by atoms with Crippen LogP contribution >= 0.6 is 15.9 Å². The third-order valence-electron chi connectivity index (χ3n) is 3.81. The average molecular weight is 412 g/mol. The van der Waals surface area contributed by atoms with Crippen molar-refractivity contribution in [3.8, 4) is 11.8 Å². The topological polar surface area (TPSA) is 90.1 Å². The van der Waals surface area contributed by atoms with Gasteiger partial charge in [-0.2, -0.15) is 14.6 Å². The first kappa shape index (κ1) is 16.4. The van der Waals surface area contributed by atoms with Crippen molar-refractivity contribution in [2.75, 3.05) is 5.32 Å². The summed E-state index contributed by atoms with van der Waals surface area (Å²) in [6.45, 7) is 3.93. The number of nitrogens with one attached hydrogen (secondary N) is 1. The first-order valence-electron chi connectivity index (χ1n) is 7.79. The molecule has 3 heterocycles. The van der Waals surface area contributed by atoms with Gasteiger partial charge in [-0.15, -0.1) is 0 Å². The van der Waals surface area contributed by atoms with Crippen molar-refractivity contribution in [2.45, 2.75) is 13.8 Å². The van der Waals surface area contributed by atoms with Crippen molar-refractivity contribution in [2.24, 2.45) is 0 Å². The molecule has 26 heavy (non-hydrogen) atoms. The second-order valence-corrected chi connectivity index (χ2v) is 6.50. The summed E-state index contributed by atoms with van der Waals surface area (Å²) in [6.07, 6.45) is 4.75. The molecule has 0 amide bonds. The van der Waals surface area contributed by atoms with E-state index >= 15 is 0 Å². The van der Waals surface area contributed by atoms with Crippen LogP contribution in [0.4, 0.5) is 11.5 Å². The van der Waals surface area contributed by atoms with Gasteiger partial charge in [0.2, 0.25) is 0 Å². The highest BCUT2D eigenvalue weighted by Gasteiger charge is 2.11. The number of ether oxygens (including phenoxy) is 1. The molecule has 9 heteroatoms. The van der Waals surface area contributed by atoms with E-state index in [9.17, 15) is 0 Å². The predicted molar refractivity (Wildman–Crippen MR) is 99.8 cm³/mol.